The Bertz CT molecular complexity index is 134. The van der Waals surface area contributed by atoms with Crippen LogP contribution in [0.25, 0.3) is 0 Å². The average Bonchev–Trinajstić information content (AvgIpc) is 2.10. The van der Waals surface area contributed by atoms with Crippen molar-refractivity contribution in [2.75, 3.05) is 13.7 Å². The molecule has 0 aromatic heterocycles. The van der Waals surface area contributed by atoms with Gasteiger partial charge >= 0.3 is 0 Å². The minimum absolute atomic E-state index is 0.321. The smallest absolute Gasteiger partial charge is 0.0749 e. The van der Waals surface area contributed by atoms with Crippen LogP contribution in [0.5, 0.6) is 0 Å². The SMILES string of the molecule is CCCNC(C(C)C)C(OC)C(C)C. The number of hydrogen-bond donors (Lipinski definition) is 1. The highest BCUT2D eigenvalue weighted by Crippen LogP contribution is 2.16. The zero-order valence-corrected chi connectivity index (χ0v) is 10.6. The molecule has 0 aromatic rings. The van der Waals surface area contributed by atoms with E-state index < -0.39 is 0 Å². The normalized spacial score (nSPS) is 16.3. The van der Waals surface area contributed by atoms with Crippen LogP contribution in [0.1, 0.15) is 41.0 Å². The summed E-state index contributed by atoms with van der Waals surface area (Å²) in [5.41, 5.74) is 0. The molecule has 0 spiro atoms. The van der Waals surface area contributed by atoms with Gasteiger partial charge in [0, 0.05) is 13.2 Å². The maximum Gasteiger partial charge on any atom is 0.0749 e. The first-order valence-electron chi connectivity index (χ1n) is 5.80. The van der Waals surface area contributed by atoms with Crippen molar-refractivity contribution in [2.24, 2.45) is 11.8 Å². The van der Waals surface area contributed by atoms with Crippen LogP contribution in [-0.2, 0) is 4.74 Å². The minimum atomic E-state index is 0.321. The summed E-state index contributed by atoms with van der Waals surface area (Å²) in [5.74, 6) is 1.19. The van der Waals surface area contributed by atoms with Gasteiger partial charge in [-0.1, -0.05) is 34.6 Å². The Morgan fingerprint density at radius 1 is 1.07 bits per heavy atom. The molecule has 2 atom stereocenters. The molecule has 0 aliphatic carbocycles. The predicted molar refractivity (Wildman–Crippen MR) is 62.6 cm³/mol. The maximum absolute atomic E-state index is 5.57. The lowest BCUT2D eigenvalue weighted by Crippen LogP contribution is -2.47. The predicted octanol–water partition coefficient (Wildman–Crippen LogP) is 2.68. The highest BCUT2D eigenvalue weighted by Gasteiger charge is 2.26. The summed E-state index contributed by atoms with van der Waals surface area (Å²) in [4.78, 5) is 0. The average molecular weight is 201 g/mol. The first-order valence-corrected chi connectivity index (χ1v) is 5.80. The van der Waals surface area contributed by atoms with Gasteiger partial charge in [0.15, 0.2) is 0 Å². The third-order valence-electron chi connectivity index (χ3n) is 2.63. The van der Waals surface area contributed by atoms with E-state index in [4.69, 9.17) is 4.74 Å². The van der Waals surface area contributed by atoms with E-state index in [-0.39, 0.29) is 0 Å². The minimum Gasteiger partial charge on any atom is -0.380 e. The van der Waals surface area contributed by atoms with Crippen LogP contribution in [0.4, 0.5) is 0 Å². The van der Waals surface area contributed by atoms with E-state index >= 15 is 0 Å². The molecule has 0 aliphatic rings. The van der Waals surface area contributed by atoms with Crippen molar-refractivity contribution in [3.05, 3.63) is 0 Å². The Hall–Kier alpha value is -0.0800. The van der Waals surface area contributed by atoms with E-state index in [1.165, 1.54) is 6.42 Å². The van der Waals surface area contributed by atoms with Gasteiger partial charge in [0.25, 0.3) is 0 Å². The van der Waals surface area contributed by atoms with Gasteiger partial charge in [0.05, 0.1) is 6.10 Å². The van der Waals surface area contributed by atoms with Crippen LogP contribution in [0.2, 0.25) is 0 Å². The summed E-state index contributed by atoms with van der Waals surface area (Å²) in [6.45, 7) is 12.2. The van der Waals surface area contributed by atoms with Gasteiger partial charge in [-0.25, -0.2) is 0 Å². The van der Waals surface area contributed by atoms with Gasteiger partial charge in [-0.2, -0.15) is 0 Å². The molecular formula is C12H27NO. The Morgan fingerprint density at radius 3 is 1.93 bits per heavy atom. The molecule has 86 valence electrons. The van der Waals surface area contributed by atoms with Gasteiger partial charge < -0.3 is 10.1 Å². The Balaban J connectivity index is 4.28. The molecule has 0 aliphatic heterocycles. The van der Waals surface area contributed by atoms with E-state index in [1.54, 1.807) is 0 Å². The van der Waals surface area contributed by atoms with Crippen LogP contribution < -0.4 is 5.32 Å². The van der Waals surface area contributed by atoms with Crippen LogP contribution in [0.15, 0.2) is 0 Å². The first kappa shape index (κ1) is 13.9. The van der Waals surface area contributed by atoms with Crippen molar-refractivity contribution >= 4 is 0 Å². The highest BCUT2D eigenvalue weighted by molar-refractivity contribution is 4.81. The molecule has 0 bridgehead atoms. The van der Waals surface area contributed by atoms with E-state index in [1.807, 2.05) is 7.11 Å². The summed E-state index contributed by atoms with van der Waals surface area (Å²) < 4.78 is 5.57. The quantitative estimate of drug-likeness (QED) is 0.684. The van der Waals surface area contributed by atoms with E-state index in [9.17, 15) is 0 Å². The molecule has 0 aromatic carbocycles. The third kappa shape index (κ3) is 4.43. The fraction of sp³-hybridized carbons (Fsp3) is 1.00. The monoisotopic (exact) mass is 201 g/mol. The molecule has 0 saturated carbocycles. The molecule has 2 heteroatoms. The molecule has 14 heavy (non-hydrogen) atoms. The molecule has 1 N–H and O–H groups in total. The van der Waals surface area contributed by atoms with Crippen molar-refractivity contribution in [2.45, 2.75) is 53.2 Å². The van der Waals surface area contributed by atoms with Gasteiger partial charge in [0.2, 0.25) is 0 Å². The topological polar surface area (TPSA) is 21.3 Å². The van der Waals surface area contributed by atoms with Crippen LogP contribution in [-0.4, -0.2) is 25.8 Å². The fourth-order valence-corrected chi connectivity index (χ4v) is 1.88. The lowest BCUT2D eigenvalue weighted by molar-refractivity contribution is 0.0196. The highest BCUT2D eigenvalue weighted by atomic mass is 16.5. The van der Waals surface area contributed by atoms with Crippen LogP contribution in [0, 0.1) is 11.8 Å². The summed E-state index contributed by atoms with van der Waals surface area (Å²) >= 11 is 0. The lowest BCUT2D eigenvalue weighted by Gasteiger charge is -2.32. The Kier molecular flexibility index (Phi) is 7.20. The molecule has 0 rings (SSSR count). The number of hydrogen-bond acceptors (Lipinski definition) is 2. The molecule has 0 amide bonds. The van der Waals surface area contributed by atoms with Gasteiger partial charge in [-0.15, -0.1) is 0 Å². The standard InChI is InChI=1S/C12H27NO/c1-7-8-13-11(9(2)3)12(14-6)10(4)5/h9-13H,7-8H2,1-6H3. The Morgan fingerprint density at radius 2 is 1.64 bits per heavy atom. The van der Waals surface area contributed by atoms with E-state index in [0.29, 0.717) is 24.0 Å². The van der Waals surface area contributed by atoms with Crippen molar-refractivity contribution < 1.29 is 4.74 Å². The zero-order valence-electron chi connectivity index (χ0n) is 10.6. The summed E-state index contributed by atoms with van der Waals surface area (Å²) in [5, 5.41) is 3.58. The second kappa shape index (κ2) is 7.24. The van der Waals surface area contributed by atoms with Gasteiger partial charge in [-0.05, 0) is 24.8 Å². The number of rotatable bonds is 7. The summed E-state index contributed by atoms with van der Waals surface area (Å²) in [7, 11) is 1.81. The van der Waals surface area contributed by atoms with Crippen LogP contribution >= 0.6 is 0 Å². The molecule has 0 saturated heterocycles. The maximum atomic E-state index is 5.57. The second-order valence-electron chi connectivity index (χ2n) is 4.67. The molecule has 0 heterocycles. The van der Waals surface area contributed by atoms with Crippen molar-refractivity contribution in [3.8, 4) is 0 Å². The van der Waals surface area contributed by atoms with Crippen LogP contribution in [0.3, 0.4) is 0 Å². The zero-order chi connectivity index (χ0) is 11.1. The van der Waals surface area contributed by atoms with E-state index in [0.717, 1.165) is 6.54 Å². The summed E-state index contributed by atoms with van der Waals surface area (Å²) in [6.07, 6.45) is 1.50. The first-order chi connectivity index (χ1) is 6.54. The fourth-order valence-electron chi connectivity index (χ4n) is 1.88. The third-order valence-corrected chi connectivity index (χ3v) is 2.63. The van der Waals surface area contributed by atoms with Crippen molar-refractivity contribution in [3.63, 3.8) is 0 Å². The van der Waals surface area contributed by atoms with Gasteiger partial charge in [-0.3, -0.25) is 0 Å². The molecule has 0 fully saturated rings. The number of ether oxygens (including phenoxy) is 1. The van der Waals surface area contributed by atoms with Gasteiger partial charge in [0.1, 0.15) is 0 Å². The Labute approximate surface area is 89.4 Å². The van der Waals surface area contributed by atoms with E-state index in [2.05, 4.69) is 39.9 Å². The molecule has 0 radical (unpaired) electrons. The van der Waals surface area contributed by atoms with Crippen molar-refractivity contribution in [1.82, 2.24) is 5.32 Å². The molecule has 2 nitrogen and oxygen atoms in total. The number of methoxy groups -OCH3 is 1. The molecular weight excluding hydrogens is 174 g/mol. The largest absolute Gasteiger partial charge is 0.380 e. The van der Waals surface area contributed by atoms with Crippen molar-refractivity contribution in [1.29, 1.82) is 0 Å². The molecule has 2 unspecified atom stereocenters. The second-order valence-corrected chi connectivity index (χ2v) is 4.67. The number of nitrogens with one attached hydrogen (secondary N) is 1. The summed E-state index contributed by atoms with van der Waals surface area (Å²) in [6, 6.07) is 0.472. The lowest BCUT2D eigenvalue weighted by atomic mass is 9.91.